The normalized spacial score (nSPS) is 14.8. The van der Waals surface area contributed by atoms with Gasteiger partial charge in [-0.2, -0.15) is 4.98 Å². The van der Waals surface area contributed by atoms with Gasteiger partial charge in [-0.3, -0.25) is 0 Å². The molecule has 1 saturated heterocycles. The molecule has 0 radical (unpaired) electrons. The summed E-state index contributed by atoms with van der Waals surface area (Å²) in [6, 6.07) is 27.5. The first-order valence-corrected chi connectivity index (χ1v) is 12.2. The molecule has 4 aromatic rings. The van der Waals surface area contributed by atoms with E-state index in [4.69, 9.17) is 9.47 Å². The first kappa shape index (κ1) is 24.7. The van der Waals surface area contributed by atoms with E-state index in [1.165, 1.54) is 11.0 Å². The molecule has 0 bridgehead atoms. The van der Waals surface area contributed by atoms with E-state index >= 15 is 4.39 Å². The average molecular weight is 505 g/mol. The summed E-state index contributed by atoms with van der Waals surface area (Å²) < 4.78 is 54.9. The number of halogens is 3. The van der Waals surface area contributed by atoms with Gasteiger partial charge < -0.3 is 14.4 Å². The predicted molar refractivity (Wildman–Crippen MR) is 138 cm³/mol. The van der Waals surface area contributed by atoms with Gasteiger partial charge in [0.1, 0.15) is 19.0 Å². The Morgan fingerprint density at radius 1 is 0.811 bits per heavy atom. The fourth-order valence-electron chi connectivity index (χ4n) is 4.39. The van der Waals surface area contributed by atoms with Gasteiger partial charge in [0.15, 0.2) is 0 Å². The molecule has 37 heavy (non-hydrogen) atoms. The first-order valence-electron chi connectivity index (χ1n) is 12.2. The third kappa shape index (κ3) is 6.23. The van der Waals surface area contributed by atoms with Crippen molar-refractivity contribution in [3.63, 3.8) is 0 Å². The highest BCUT2D eigenvalue weighted by Gasteiger charge is 2.36. The van der Waals surface area contributed by atoms with Crippen molar-refractivity contribution in [1.29, 1.82) is 0 Å². The molecule has 3 aromatic carbocycles. The number of anilines is 1. The molecule has 2 heterocycles. The lowest BCUT2D eigenvalue weighted by Crippen LogP contribution is -2.43. The maximum atomic E-state index is 15.2. The molecule has 0 saturated carbocycles. The van der Waals surface area contributed by atoms with Crippen LogP contribution in [0.4, 0.5) is 18.9 Å². The van der Waals surface area contributed by atoms with Gasteiger partial charge in [-0.05, 0) is 41.3 Å². The molecule has 7 heteroatoms. The topological polar surface area (TPSA) is 34.6 Å². The van der Waals surface area contributed by atoms with Gasteiger partial charge in [0.05, 0.1) is 12.2 Å². The van der Waals surface area contributed by atoms with Crippen LogP contribution in [0.3, 0.4) is 0 Å². The third-order valence-electron chi connectivity index (χ3n) is 6.27. The zero-order valence-electron chi connectivity index (χ0n) is 20.2. The van der Waals surface area contributed by atoms with Gasteiger partial charge in [-0.25, -0.2) is 13.2 Å². The van der Waals surface area contributed by atoms with Gasteiger partial charge in [0.2, 0.25) is 11.8 Å². The van der Waals surface area contributed by atoms with Crippen molar-refractivity contribution in [2.75, 3.05) is 18.0 Å². The molecule has 0 N–H and O–H groups in total. The van der Waals surface area contributed by atoms with E-state index in [9.17, 15) is 8.78 Å². The Balaban J connectivity index is 1.41. The van der Waals surface area contributed by atoms with Crippen molar-refractivity contribution in [3.8, 4) is 22.9 Å². The second kappa shape index (κ2) is 10.9. The van der Waals surface area contributed by atoms with E-state index in [1.807, 2.05) is 60.7 Å². The second-order valence-corrected chi connectivity index (χ2v) is 9.10. The molecule has 1 aliphatic heterocycles. The van der Waals surface area contributed by atoms with Gasteiger partial charge in [0, 0.05) is 24.6 Å². The number of pyridine rings is 1. The van der Waals surface area contributed by atoms with Crippen LogP contribution in [-0.2, 0) is 13.2 Å². The smallest absolute Gasteiger partial charge is 0.265 e. The summed E-state index contributed by atoms with van der Waals surface area (Å²) in [6.07, 6.45) is 0.149. The van der Waals surface area contributed by atoms with Crippen molar-refractivity contribution >= 4 is 5.69 Å². The summed E-state index contributed by atoms with van der Waals surface area (Å²) >= 11 is 0. The molecule has 0 amide bonds. The number of hydrogen-bond acceptors (Lipinski definition) is 4. The fourth-order valence-corrected chi connectivity index (χ4v) is 4.39. The van der Waals surface area contributed by atoms with Crippen molar-refractivity contribution in [2.24, 2.45) is 0 Å². The number of rotatable bonds is 8. The monoisotopic (exact) mass is 504 g/mol. The van der Waals surface area contributed by atoms with Crippen LogP contribution < -0.4 is 14.4 Å². The number of piperidine rings is 1. The molecule has 1 aromatic heterocycles. The van der Waals surface area contributed by atoms with Crippen molar-refractivity contribution in [3.05, 3.63) is 108 Å². The van der Waals surface area contributed by atoms with Crippen LogP contribution in [0.1, 0.15) is 24.0 Å². The lowest BCUT2D eigenvalue weighted by molar-refractivity contribution is -0.0118. The molecule has 1 fully saturated rings. The maximum absolute atomic E-state index is 15.2. The van der Waals surface area contributed by atoms with Crippen LogP contribution in [-0.4, -0.2) is 24.0 Å². The molecular weight excluding hydrogens is 477 g/mol. The maximum Gasteiger partial charge on any atom is 0.265 e. The highest BCUT2D eigenvalue weighted by molar-refractivity contribution is 5.71. The number of alkyl halides is 2. The van der Waals surface area contributed by atoms with E-state index in [-0.39, 0.29) is 18.7 Å². The number of benzene rings is 3. The second-order valence-electron chi connectivity index (χ2n) is 9.10. The molecular formula is C30H27F3N2O2. The highest BCUT2D eigenvalue weighted by atomic mass is 19.3. The lowest BCUT2D eigenvalue weighted by atomic mass is 10.0. The molecule has 190 valence electrons. The van der Waals surface area contributed by atoms with Gasteiger partial charge >= 0.3 is 0 Å². The van der Waals surface area contributed by atoms with Gasteiger partial charge in [-0.1, -0.05) is 66.7 Å². The number of hydrogen-bond donors (Lipinski definition) is 0. The quantitative estimate of drug-likeness (QED) is 0.253. The SMILES string of the molecule is Fc1cc(-c2ccc(OCc3ccccc3)nc2OCc2ccccc2)ccc1N1CCCC(F)(F)C1. The Morgan fingerprint density at radius 3 is 2.14 bits per heavy atom. The standard InChI is InChI=1S/C30H27F3N2O2/c31-26-18-24(12-14-27(26)35-17-7-16-30(32,33)21-35)25-13-15-28(36-19-22-8-3-1-4-9-22)34-29(25)37-20-23-10-5-2-6-11-23/h1-6,8-15,18H,7,16-17,19-21H2. The number of aromatic nitrogens is 1. The summed E-state index contributed by atoms with van der Waals surface area (Å²) in [5, 5.41) is 0. The van der Waals surface area contributed by atoms with Gasteiger partial charge in [0.25, 0.3) is 5.92 Å². The van der Waals surface area contributed by atoms with Crippen LogP contribution in [0.2, 0.25) is 0 Å². The summed E-state index contributed by atoms with van der Waals surface area (Å²) in [4.78, 5) is 5.97. The summed E-state index contributed by atoms with van der Waals surface area (Å²) in [5.41, 5.74) is 3.25. The predicted octanol–water partition coefficient (Wildman–Crippen LogP) is 7.28. The van der Waals surface area contributed by atoms with E-state index < -0.39 is 18.3 Å². The molecule has 0 spiro atoms. The Morgan fingerprint density at radius 2 is 1.49 bits per heavy atom. The Labute approximate surface area is 214 Å². The Hall–Kier alpha value is -4.00. The van der Waals surface area contributed by atoms with Crippen LogP contribution >= 0.6 is 0 Å². The zero-order chi connectivity index (χ0) is 25.7. The number of nitrogens with zero attached hydrogens (tertiary/aromatic N) is 2. The van der Waals surface area contributed by atoms with Crippen LogP contribution in [0.15, 0.2) is 91.0 Å². The molecule has 5 rings (SSSR count). The van der Waals surface area contributed by atoms with Crippen molar-refractivity contribution in [2.45, 2.75) is 32.0 Å². The first-order chi connectivity index (χ1) is 18.0. The average Bonchev–Trinajstić information content (AvgIpc) is 2.91. The minimum Gasteiger partial charge on any atom is -0.473 e. The zero-order valence-corrected chi connectivity index (χ0v) is 20.2. The Bertz CT molecular complexity index is 1330. The van der Waals surface area contributed by atoms with Crippen LogP contribution in [0.5, 0.6) is 11.8 Å². The van der Waals surface area contributed by atoms with Crippen molar-refractivity contribution in [1.82, 2.24) is 4.98 Å². The van der Waals surface area contributed by atoms with E-state index in [2.05, 4.69) is 4.98 Å². The van der Waals surface area contributed by atoms with E-state index in [0.29, 0.717) is 42.5 Å². The molecule has 4 nitrogen and oxygen atoms in total. The van der Waals surface area contributed by atoms with Gasteiger partial charge in [-0.15, -0.1) is 0 Å². The largest absolute Gasteiger partial charge is 0.473 e. The summed E-state index contributed by atoms with van der Waals surface area (Å²) in [7, 11) is 0. The minimum atomic E-state index is -2.82. The number of ether oxygens (including phenoxy) is 2. The molecule has 1 aliphatic rings. The molecule has 0 aliphatic carbocycles. The molecule has 0 atom stereocenters. The summed E-state index contributed by atoms with van der Waals surface area (Å²) in [5.74, 6) is -2.70. The van der Waals surface area contributed by atoms with E-state index in [1.54, 1.807) is 24.3 Å². The lowest BCUT2D eigenvalue weighted by Gasteiger charge is -2.34. The third-order valence-corrected chi connectivity index (χ3v) is 6.27. The van der Waals surface area contributed by atoms with Crippen molar-refractivity contribution < 1.29 is 22.6 Å². The highest BCUT2D eigenvalue weighted by Crippen LogP contribution is 2.36. The van der Waals surface area contributed by atoms with E-state index in [0.717, 1.165) is 11.1 Å². The molecule has 0 unspecified atom stereocenters. The Kier molecular flexibility index (Phi) is 7.30. The van der Waals surface area contributed by atoms with Crippen LogP contribution in [0.25, 0.3) is 11.1 Å². The summed E-state index contributed by atoms with van der Waals surface area (Å²) in [6.45, 7) is 0.525. The van der Waals surface area contributed by atoms with Crippen LogP contribution in [0, 0.1) is 5.82 Å². The minimum absolute atomic E-state index is 0.171. The fraction of sp³-hybridized carbons (Fsp3) is 0.233.